The van der Waals surface area contributed by atoms with Crippen molar-refractivity contribution in [3.05, 3.63) is 0 Å². The summed E-state index contributed by atoms with van der Waals surface area (Å²) in [6.45, 7) is 3.08. The third-order valence-corrected chi connectivity index (χ3v) is 2.00. The topological polar surface area (TPSA) is 96.7 Å². The van der Waals surface area contributed by atoms with Crippen LogP contribution in [0.5, 0.6) is 0 Å². The Morgan fingerprint density at radius 1 is 1.20 bits per heavy atom. The van der Waals surface area contributed by atoms with E-state index >= 15 is 0 Å². The van der Waals surface area contributed by atoms with Crippen LogP contribution < -0.4 is 16.4 Å². The predicted molar refractivity (Wildman–Crippen MR) is 53.4 cm³/mol. The number of hydrogen-bond donors (Lipinski definition) is 3. The summed E-state index contributed by atoms with van der Waals surface area (Å²) in [7, 11) is 0. The predicted octanol–water partition coefficient (Wildman–Crippen LogP) is -1.30. The van der Waals surface area contributed by atoms with Crippen molar-refractivity contribution in [3.63, 3.8) is 0 Å². The highest BCUT2D eigenvalue weighted by Gasteiger charge is 2.15. The van der Waals surface area contributed by atoms with Crippen LogP contribution >= 0.6 is 0 Å². The van der Waals surface area contributed by atoms with Crippen molar-refractivity contribution in [2.45, 2.75) is 0 Å². The van der Waals surface area contributed by atoms with Crippen molar-refractivity contribution in [3.8, 4) is 0 Å². The summed E-state index contributed by atoms with van der Waals surface area (Å²) < 4.78 is 5.11. The molecule has 1 fully saturated rings. The third-order valence-electron chi connectivity index (χ3n) is 2.00. The van der Waals surface area contributed by atoms with Gasteiger partial charge in [0.2, 0.25) is 0 Å². The number of urea groups is 2. The maximum atomic E-state index is 11.5. The van der Waals surface area contributed by atoms with Gasteiger partial charge in [-0.25, -0.2) is 9.59 Å². The van der Waals surface area contributed by atoms with Crippen LogP contribution in [0.1, 0.15) is 0 Å². The summed E-state index contributed by atoms with van der Waals surface area (Å²) in [5.41, 5.74) is 4.86. The number of amides is 4. The van der Waals surface area contributed by atoms with Crippen molar-refractivity contribution < 1.29 is 14.3 Å². The molecule has 1 aliphatic heterocycles. The Hall–Kier alpha value is -1.50. The van der Waals surface area contributed by atoms with Crippen LogP contribution in [0.2, 0.25) is 0 Å². The lowest BCUT2D eigenvalue weighted by atomic mass is 10.4. The average molecular weight is 216 g/mol. The van der Waals surface area contributed by atoms with E-state index in [9.17, 15) is 9.59 Å². The first-order valence-electron chi connectivity index (χ1n) is 4.84. The number of rotatable bonds is 3. The summed E-state index contributed by atoms with van der Waals surface area (Å²) in [5, 5.41) is 5.05. The zero-order chi connectivity index (χ0) is 11.1. The number of morpholine rings is 1. The maximum Gasteiger partial charge on any atom is 0.317 e. The van der Waals surface area contributed by atoms with E-state index in [4.69, 9.17) is 10.5 Å². The molecule has 0 aromatic carbocycles. The molecule has 0 spiro atoms. The molecule has 0 aliphatic carbocycles. The van der Waals surface area contributed by atoms with Gasteiger partial charge in [-0.1, -0.05) is 0 Å². The van der Waals surface area contributed by atoms with Crippen LogP contribution in [0.3, 0.4) is 0 Å². The molecule has 7 nitrogen and oxygen atoms in total. The summed E-state index contributed by atoms with van der Waals surface area (Å²) in [6, 6.07) is -0.722. The maximum absolute atomic E-state index is 11.5. The minimum absolute atomic E-state index is 0.135. The van der Waals surface area contributed by atoms with Crippen molar-refractivity contribution in [1.82, 2.24) is 15.5 Å². The van der Waals surface area contributed by atoms with Crippen molar-refractivity contribution in [1.29, 1.82) is 0 Å². The number of carbonyl (C=O) groups is 2. The van der Waals surface area contributed by atoms with Gasteiger partial charge in [0.1, 0.15) is 0 Å². The van der Waals surface area contributed by atoms with E-state index in [1.165, 1.54) is 0 Å². The van der Waals surface area contributed by atoms with Crippen LogP contribution in [-0.2, 0) is 4.74 Å². The Bertz CT molecular complexity index is 228. The van der Waals surface area contributed by atoms with E-state index in [0.717, 1.165) is 0 Å². The van der Waals surface area contributed by atoms with Crippen LogP contribution in [0, 0.1) is 0 Å². The SMILES string of the molecule is NC(=O)NCCNC(=O)N1CCOCC1. The van der Waals surface area contributed by atoms with E-state index in [2.05, 4.69) is 10.6 Å². The number of primary amides is 1. The number of carbonyl (C=O) groups excluding carboxylic acids is 2. The van der Waals surface area contributed by atoms with Gasteiger partial charge in [-0.3, -0.25) is 0 Å². The molecule has 1 heterocycles. The Labute approximate surface area is 87.9 Å². The lowest BCUT2D eigenvalue weighted by Gasteiger charge is -2.26. The molecule has 86 valence electrons. The second-order valence-electron chi connectivity index (χ2n) is 3.12. The molecule has 0 radical (unpaired) electrons. The third kappa shape index (κ3) is 4.50. The highest BCUT2D eigenvalue weighted by atomic mass is 16.5. The molecule has 0 unspecified atom stereocenters. The van der Waals surface area contributed by atoms with E-state index in [0.29, 0.717) is 39.4 Å². The first-order valence-corrected chi connectivity index (χ1v) is 4.84. The minimum Gasteiger partial charge on any atom is -0.378 e. The van der Waals surface area contributed by atoms with Gasteiger partial charge in [-0.15, -0.1) is 0 Å². The first-order chi connectivity index (χ1) is 7.20. The smallest absolute Gasteiger partial charge is 0.317 e. The summed E-state index contributed by atoms with van der Waals surface area (Å²) >= 11 is 0. The highest BCUT2D eigenvalue weighted by molar-refractivity contribution is 5.74. The Morgan fingerprint density at radius 3 is 2.40 bits per heavy atom. The highest BCUT2D eigenvalue weighted by Crippen LogP contribution is 1.96. The molecule has 1 aliphatic rings. The Morgan fingerprint density at radius 2 is 1.80 bits per heavy atom. The van der Waals surface area contributed by atoms with Crippen LogP contribution in [0.4, 0.5) is 9.59 Å². The quantitative estimate of drug-likeness (QED) is 0.511. The summed E-state index contributed by atoms with van der Waals surface area (Å²) in [5.74, 6) is 0. The molecule has 0 aromatic heterocycles. The van der Waals surface area contributed by atoms with Gasteiger partial charge >= 0.3 is 12.1 Å². The molecule has 1 saturated heterocycles. The molecular formula is C8H16N4O3. The molecule has 0 atom stereocenters. The molecule has 1 rings (SSSR count). The molecule has 0 aromatic rings. The molecule has 4 N–H and O–H groups in total. The fourth-order valence-electron chi connectivity index (χ4n) is 1.23. The first kappa shape index (κ1) is 11.6. The molecule has 0 bridgehead atoms. The van der Waals surface area contributed by atoms with Crippen molar-refractivity contribution in [2.75, 3.05) is 39.4 Å². The van der Waals surface area contributed by atoms with Gasteiger partial charge in [0.15, 0.2) is 0 Å². The number of nitrogens with one attached hydrogen (secondary N) is 2. The van der Waals surface area contributed by atoms with Gasteiger partial charge in [0.25, 0.3) is 0 Å². The molecule has 7 heteroatoms. The normalized spacial score (nSPS) is 15.9. The summed E-state index contributed by atoms with van der Waals surface area (Å²) in [6.07, 6.45) is 0. The second kappa shape index (κ2) is 6.07. The number of ether oxygens (including phenoxy) is 1. The van der Waals surface area contributed by atoms with Crippen LogP contribution in [0.15, 0.2) is 0 Å². The molecule has 4 amide bonds. The molecule has 15 heavy (non-hydrogen) atoms. The Balaban J connectivity index is 2.09. The molecular weight excluding hydrogens is 200 g/mol. The zero-order valence-electron chi connectivity index (χ0n) is 8.49. The van der Waals surface area contributed by atoms with Gasteiger partial charge in [0.05, 0.1) is 13.2 Å². The minimum atomic E-state index is -0.587. The van der Waals surface area contributed by atoms with E-state index in [1.807, 2.05) is 0 Å². The van der Waals surface area contributed by atoms with Gasteiger partial charge in [-0.05, 0) is 0 Å². The standard InChI is InChI=1S/C8H16N4O3/c9-7(13)10-1-2-11-8(14)12-3-5-15-6-4-12/h1-6H2,(H,11,14)(H3,9,10,13). The van der Waals surface area contributed by atoms with Gasteiger partial charge in [0, 0.05) is 26.2 Å². The van der Waals surface area contributed by atoms with Crippen LogP contribution in [0.25, 0.3) is 0 Å². The number of hydrogen-bond acceptors (Lipinski definition) is 3. The van der Waals surface area contributed by atoms with Gasteiger partial charge < -0.3 is 26.0 Å². The van der Waals surface area contributed by atoms with Gasteiger partial charge in [-0.2, -0.15) is 0 Å². The van der Waals surface area contributed by atoms with Crippen LogP contribution in [-0.4, -0.2) is 56.4 Å². The average Bonchev–Trinajstić information content (AvgIpc) is 2.25. The Kier molecular flexibility index (Phi) is 4.69. The second-order valence-corrected chi connectivity index (χ2v) is 3.12. The van der Waals surface area contributed by atoms with E-state index < -0.39 is 6.03 Å². The summed E-state index contributed by atoms with van der Waals surface area (Å²) in [4.78, 5) is 23.4. The number of nitrogens with zero attached hydrogens (tertiary/aromatic N) is 1. The fraction of sp³-hybridized carbons (Fsp3) is 0.750. The van der Waals surface area contributed by atoms with E-state index in [-0.39, 0.29) is 6.03 Å². The number of nitrogens with two attached hydrogens (primary N) is 1. The monoisotopic (exact) mass is 216 g/mol. The fourth-order valence-corrected chi connectivity index (χ4v) is 1.23. The van der Waals surface area contributed by atoms with Crippen molar-refractivity contribution in [2.24, 2.45) is 5.73 Å². The zero-order valence-corrected chi connectivity index (χ0v) is 8.49. The lowest BCUT2D eigenvalue weighted by Crippen LogP contribution is -2.48. The van der Waals surface area contributed by atoms with Crippen molar-refractivity contribution >= 4 is 12.1 Å². The van der Waals surface area contributed by atoms with E-state index in [1.54, 1.807) is 4.90 Å². The molecule has 0 saturated carbocycles. The largest absolute Gasteiger partial charge is 0.378 e. The lowest BCUT2D eigenvalue weighted by molar-refractivity contribution is 0.0533.